The van der Waals surface area contributed by atoms with Crippen LogP contribution in [0, 0.1) is 0 Å². The van der Waals surface area contributed by atoms with Crippen LogP contribution in [0.15, 0.2) is 48.5 Å². The smallest absolute Gasteiger partial charge is 0.409 e. The normalized spacial score (nSPS) is 14.4. The molecule has 176 valence electrons. The molecule has 0 saturated heterocycles. The summed E-state index contributed by atoms with van der Waals surface area (Å²) in [5.41, 5.74) is 1.18. The van der Waals surface area contributed by atoms with Crippen molar-refractivity contribution in [2.24, 2.45) is 0 Å². The van der Waals surface area contributed by atoms with Gasteiger partial charge >= 0.3 is 18.2 Å². The number of hydrogen-bond acceptors (Lipinski definition) is 6. The molecule has 0 radical (unpaired) electrons. The van der Waals surface area contributed by atoms with E-state index >= 15 is 0 Å². The molecule has 2 aromatic carbocycles. The number of carbonyl (C=O) groups is 3. The van der Waals surface area contributed by atoms with Crippen molar-refractivity contribution in [3.8, 4) is 11.1 Å². The first-order valence-corrected chi connectivity index (χ1v) is 10.6. The van der Waals surface area contributed by atoms with Gasteiger partial charge in [-0.15, -0.1) is 0 Å². The van der Waals surface area contributed by atoms with E-state index in [1.165, 1.54) is 7.05 Å². The van der Waals surface area contributed by atoms with Gasteiger partial charge in [0.15, 0.2) is 0 Å². The van der Waals surface area contributed by atoms with Crippen LogP contribution in [0.25, 0.3) is 11.1 Å². The van der Waals surface area contributed by atoms with Crippen LogP contribution < -0.4 is 16.0 Å². The highest BCUT2D eigenvalue weighted by Crippen LogP contribution is 2.44. The minimum atomic E-state index is -2.17. The summed E-state index contributed by atoms with van der Waals surface area (Å²) in [6.45, 7) is 4.64. The number of rotatable bonds is 7. The first kappa shape index (κ1) is 24.1. The molecule has 0 heterocycles. The Morgan fingerprint density at radius 3 is 1.91 bits per heavy atom. The van der Waals surface area contributed by atoms with Gasteiger partial charge in [-0.1, -0.05) is 48.5 Å². The average Bonchev–Trinajstić information content (AvgIpc) is 3.04. The fourth-order valence-corrected chi connectivity index (χ4v) is 3.85. The van der Waals surface area contributed by atoms with E-state index in [0.29, 0.717) is 0 Å². The highest BCUT2D eigenvalue weighted by atomic mass is 16.6. The lowest BCUT2D eigenvalue weighted by Gasteiger charge is -2.32. The zero-order valence-corrected chi connectivity index (χ0v) is 19.1. The van der Waals surface area contributed by atoms with E-state index in [0.717, 1.165) is 22.3 Å². The summed E-state index contributed by atoms with van der Waals surface area (Å²) < 4.78 is 10.6. The van der Waals surface area contributed by atoms with Crippen LogP contribution in [0.3, 0.4) is 0 Å². The number of alkyl carbamates (subject to hydrolysis) is 2. The summed E-state index contributed by atoms with van der Waals surface area (Å²) in [4.78, 5) is 37.0. The second-order valence-corrected chi connectivity index (χ2v) is 8.82. The number of hydrogen-bond donors (Lipinski definition) is 4. The van der Waals surface area contributed by atoms with Gasteiger partial charge in [-0.3, -0.25) is 10.6 Å². The molecule has 2 amide bonds. The molecule has 0 bridgehead atoms. The van der Waals surface area contributed by atoms with E-state index in [4.69, 9.17) is 9.47 Å². The maximum atomic E-state index is 12.7. The summed E-state index contributed by atoms with van der Waals surface area (Å²) in [6, 6.07) is 15.7. The fraction of sp³-hybridized carbons (Fsp3) is 0.375. The van der Waals surface area contributed by atoms with Crippen molar-refractivity contribution in [3.63, 3.8) is 0 Å². The molecule has 1 aliphatic carbocycles. The van der Waals surface area contributed by atoms with Gasteiger partial charge in [-0.05, 0) is 50.1 Å². The van der Waals surface area contributed by atoms with Crippen LogP contribution in [0.5, 0.6) is 0 Å². The van der Waals surface area contributed by atoms with E-state index in [1.54, 1.807) is 20.8 Å². The predicted octanol–water partition coefficient (Wildman–Crippen LogP) is 3.05. The third-order valence-corrected chi connectivity index (χ3v) is 5.18. The second kappa shape index (κ2) is 9.50. The molecule has 33 heavy (non-hydrogen) atoms. The minimum Gasteiger partial charge on any atom is -0.478 e. The number of carbonyl (C=O) groups excluding carboxylic acids is 2. The molecule has 9 heteroatoms. The molecule has 0 unspecified atom stereocenters. The molecule has 0 saturated carbocycles. The van der Waals surface area contributed by atoms with E-state index in [-0.39, 0.29) is 19.1 Å². The van der Waals surface area contributed by atoms with Gasteiger partial charge in [-0.25, -0.2) is 14.4 Å². The third-order valence-electron chi connectivity index (χ3n) is 5.18. The lowest BCUT2D eigenvalue weighted by Crippen LogP contribution is -2.70. The molecule has 0 aliphatic heterocycles. The first-order valence-electron chi connectivity index (χ1n) is 10.6. The Morgan fingerprint density at radius 2 is 1.42 bits per heavy atom. The first-order chi connectivity index (χ1) is 15.6. The van der Waals surface area contributed by atoms with Crippen molar-refractivity contribution in [1.29, 1.82) is 0 Å². The molecule has 0 fully saturated rings. The van der Waals surface area contributed by atoms with Crippen LogP contribution in [0.4, 0.5) is 9.59 Å². The molecule has 4 N–H and O–H groups in total. The third kappa shape index (κ3) is 5.43. The molecular formula is C24H29N3O6. The van der Waals surface area contributed by atoms with Crippen LogP contribution in [0.1, 0.15) is 37.8 Å². The molecule has 0 spiro atoms. The van der Waals surface area contributed by atoms with E-state index in [9.17, 15) is 19.5 Å². The topological polar surface area (TPSA) is 126 Å². The van der Waals surface area contributed by atoms with Gasteiger partial charge in [-0.2, -0.15) is 0 Å². The zero-order chi connectivity index (χ0) is 24.2. The van der Waals surface area contributed by atoms with Gasteiger partial charge in [0.25, 0.3) is 0 Å². The Kier molecular flexibility index (Phi) is 6.92. The summed E-state index contributed by atoms with van der Waals surface area (Å²) in [7, 11) is 1.49. The predicted molar refractivity (Wildman–Crippen MR) is 122 cm³/mol. The number of fused-ring (bicyclic) bond motifs is 3. The van der Waals surface area contributed by atoms with Gasteiger partial charge in [0.1, 0.15) is 12.2 Å². The van der Waals surface area contributed by atoms with E-state index < -0.39 is 29.4 Å². The fourth-order valence-electron chi connectivity index (χ4n) is 3.85. The maximum Gasteiger partial charge on any atom is 0.409 e. The monoisotopic (exact) mass is 455 g/mol. The Morgan fingerprint density at radius 1 is 0.909 bits per heavy atom. The van der Waals surface area contributed by atoms with E-state index in [2.05, 4.69) is 16.0 Å². The van der Waals surface area contributed by atoms with Crippen molar-refractivity contribution < 1.29 is 29.0 Å². The van der Waals surface area contributed by atoms with Gasteiger partial charge in [0.05, 0.1) is 0 Å². The Balaban J connectivity index is 1.74. The van der Waals surface area contributed by atoms with Gasteiger partial charge in [0.2, 0.25) is 5.66 Å². The lowest BCUT2D eigenvalue weighted by molar-refractivity contribution is -0.146. The Hall–Kier alpha value is -3.59. The molecule has 0 aromatic heterocycles. The number of nitrogens with one attached hydrogen (secondary N) is 3. The van der Waals surface area contributed by atoms with Crippen molar-refractivity contribution in [2.75, 3.05) is 20.2 Å². The van der Waals surface area contributed by atoms with Crippen LogP contribution in [0.2, 0.25) is 0 Å². The van der Waals surface area contributed by atoms with Crippen molar-refractivity contribution in [3.05, 3.63) is 59.7 Å². The van der Waals surface area contributed by atoms with Crippen LogP contribution >= 0.6 is 0 Å². The highest BCUT2D eigenvalue weighted by Gasteiger charge is 2.43. The lowest BCUT2D eigenvalue weighted by atomic mass is 9.98. The molecule has 2 aromatic rings. The minimum absolute atomic E-state index is 0.00154. The highest BCUT2D eigenvalue weighted by molar-refractivity contribution is 5.88. The van der Waals surface area contributed by atoms with E-state index in [1.807, 2.05) is 48.5 Å². The molecule has 3 rings (SSSR count). The quantitative estimate of drug-likeness (QED) is 0.473. The van der Waals surface area contributed by atoms with Crippen molar-refractivity contribution in [1.82, 2.24) is 16.0 Å². The Labute approximate surface area is 192 Å². The number of ether oxygens (including phenoxy) is 2. The molecule has 1 atom stereocenters. The molecule has 9 nitrogen and oxygen atoms in total. The standard InChI is InChI=1S/C24H29N3O6/c1-23(2,3)33-22(31)27-24(14-25-4,20(28)29)26-21(30)32-13-19-17-11-7-5-9-15(17)16-10-6-8-12-18(16)19/h5-12,19,25H,13-14H2,1-4H3,(H,26,30)(H,27,31)(H,28,29)/t24-/m0/s1. The summed E-state index contributed by atoms with van der Waals surface area (Å²) in [5, 5.41) is 17.0. The van der Waals surface area contributed by atoms with Gasteiger partial charge in [0, 0.05) is 12.5 Å². The number of carboxylic acid groups (broad SMARTS) is 1. The SMILES string of the molecule is CNC[C@](NC(=O)OCC1c2ccccc2-c2ccccc21)(NC(=O)OC(C)(C)C)C(=O)O. The summed E-state index contributed by atoms with van der Waals surface area (Å²) in [6.07, 6.45) is -1.97. The number of aliphatic carboxylic acids is 1. The number of likely N-dealkylation sites (N-methyl/N-ethyl adjacent to an activating group) is 1. The number of benzene rings is 2. The number of amides is 2. The van der Waals surface area contributed by atoms with Crippen LogP contribution in [-0.2, 0) is 14.3 Å². The summed E-state index contributed by atoms with van der Waals surface area (Å²) in [5.74, 6) is -1.67. The van der Waals surface area contributed by atoms with Crippen molar-refractivity contribution in [2.45, 2.75) is 38.0 Å². The molecule has 1 aliphatic rings. The van der Waals surface area contributed by atoms with Gasteiger partial charge < -0.3 is 19.9 Å². The molecular weight excluding hydrogens is 426 g/mol. The largest absolute Gasteiger partial charge is 0.478 e. The Bertz CT molecular complexity index is 1000. The average molecular weight is 456 g/mol. The second-order valence-electron chi connectivity index (χ2n) is 8.82. The number of carboxylic acids is 1. The van der Waals surface area contributed by atoms with Crippen molar-refractivity contribution >= 4 is 18.2 Å². The maximum absolute atomic E-state index is 12.7. The zero-order valence-electron chi connectivity index (χ0n) is 19.1. The van der Waals surface area contributed by atoms with Crippen LogP contribution in [-0.4, -0.2) is 54.7 Å². The summed E-state index contributed by atoms with van der Waals surface area (Å²) >= 11 is 0.